The largest absolute Gasteiger partial charge is 0.337 e. The van der Waals surface area contributed by atoms with E-state index in [-0.39, 0.29) is 11.9 Å². The van der Waals surface area contributed by atoms with Crippen molar-refractivity contribution in [3.8, 4) is 0 Å². The van der Waals surface area contributed by atoms with Gasteiger partial charge in [0.2, 0.25) is 5.91 Å². The Labute approximate surface area is 100 Å². The fourth-order valence-corrected chi connectivity index (χ4v) is 2.42. The molecule has 2 heterocycles. The Balaban J connectivity index is 2.04. The normalized spacial score (nSPS) is 20.2. The van der Waals surface area contributed by atoms with E-state index in [1.54, 1.807) is 4.90 Å². The highest BCUT2D eigenvalue weighted by Crippen LogP contribution is 2.30. The summed E-state index contributed by atoms with van der Waals surface area (Å²) in [6.45, 7) is 0. The highest BCUT2D eigenvalue weighted by atomic mass is 16.2. The molecule has 0 radical (unpaired) electrons. The fourth-order valence-electron chi connectivity index (χ4n) is 2.42. The molecule has 1 aliphatic rings. The Morgan fingerprint density at radius 1 is 1.24 bits per heavy atom. The molecule has 0 bridgehead atoms. The molecule has 1 aliphatic heterocycles. The van der Waals surface area contributed by atoms with Gasteiger partial charge in [-0.2, -0.15) is 0 Å². The molecule has 0 aliphatic carbocycles. The number of aromatic nitrogens is 1. The molecule has 1 amide bonds. The standard InChI is InChI=1S/C14H14N2O/c1-16-13(8-9-14(16)17)12-7-6-10-4-2-3-5-11(10)15-12/h2-7,13H,8-9H2,1H3. The number of carbonyl (C=O) groups is 1. The molecular formula is C14H14N2O. The first-order valence-corrected chi connectivity index (χ1v) is 5.87. The Morgan fingerprint density at radius 2 is 2.06 bits per heavy atom. The summed E-state index contributed by atoms with van der Waals surface area (Å²) in [4.78, 5) is 18.0. The SMILES string of the molecule is CN1C(=O)CCC1c1ccc2ccccc2n1. The maximum Gasteiger partial charge on any atom is 0.222 e. The summed E-state index contributed by atoms with van der Waals surface area (Å²) in [7, 11) is 1.86. The molecule has 1 aromatic heterocycles. The minimum atomic E-state index is 0.145. The number of para-hydroxylation sites is 1. The van der Waals surface area contributed by atoms with Gasteiger partial charge in [-0.05, 0) is 18.6 Å². The molecule has 17 heavy (non-hydrogen) atoms. The number of amides is 1. The van der Waals surface area contributed by atoms with E-state index in [1.165, 1.54) is 0 Å². The van der Waals surface area contributed by atoms with Crippen LogP contribution in [0.2, 0.25) is 0 Å². The zero-order valence-electron chi connectivity index (χ0n) is 9.76. The van der Waals surface area contributed by atoms with Crippen LogP contribution in [0.15, 0.2) is 36.4 Å². The van der Waals surface area contributed by atoms with Crippen LogP contribution in [0.1, 0.15) is 24.6 Å². The highest BCUT2D eigenvalue weighted by molar-refractivity contribution is 5.80. The first kappa shape index (κ1) is 10.3. The van der Waals surface area contributed by atoms with Gasteiger partial charge in [0.1, 0.15) is 0 Å². The molecule has 1 unspecified atom stereocenters. The molecule has 2 aromatic rings. The summed E-state index contributed by atoms with van der Waals surface area (Å²) in [5, 5.41) is 1.14. The molecule has 1 fully saturated rings. The van der Waals surface area contributed by atoms with Gasteiger partial charge in [0.25, 0.3) is 0 Å². The Kier molecular flexibility index (Phi) is 2.32. The summed E-state index contributed by atoms with van der Waals surface area (Å²) in [6, 6.07) is 12.3. The van der Waals surface area contributed by atoms with Gasteiger partial charge >= 0.3 is 0 Å². The summed E-state index contributed by atoms with van der Waals surface area (Å²) in [6.07, 6.45) is 1.51. The summed E-state index contributed by atoms with van der Waals surface area (Å²) < 4.78 is 0. The summed E-state index contributed by atoms with van der Waals surface area (Å²) in [5.41, 5.74) is 2.00. The first-order valence-electron chi connectivity index (χ1n) is 5.87. The topological polar surface area (TPSA) is 33.2 Å². The maximum absolute atomic E-state index is 11.5. The third-order valence-electron chi connectivity index (χ3n) is 3.45. The van der Waals surface area contributed by atoms with E-state index in [2.05, 4.69) is 17.1 Å². The van der Waals surface area contributed by atoms with E-state index in [0.29, 0.717) is 6.42 Å². The average Bonchev–Trinajstić information content (AvgIpc) is 2.70. The molecule has 1 saturated heterocycles. The van der Waals surface area contributed by atoms with Crippen molar-refractivity contribution in [1.82, 2.24) is 9.88 Å². The zero-order valence-corrected chi connectivity index (χ0v) is 9.76. The van der Waals surface area contributed by atoms with Crippen molar-refractivity contribution < 1.29 is 4.79 Å². The van der Waals surface area contributed by atoms with E-state index >= 15 is 0 Å². The van der Waals surface area contributed by atoms with Crippen molar-refractivity contribution in [3.63, 3.8) is 0 Å². The second-order valence-electron chi connectivity index (χ2n) is 4.49. The van der Waals surface area contributed by atoms with Gasteiger partial charge in [-0.15, -0.1) is 0 Å². The number of carbonyl (C=O) groups excluding carboxylic acids is 1. The average molecular weight is 226 g/mol. The van der Waals surface area contributed by atoms with E-state index in [0.717, 1.165) is 23.0 Å². The smallest absolute Gasteiger partial charge is 0.222 e. The Bertz CT molecular complexity index is 579. The van der Waals surface area contributed by atoms with Gasteiger partial charge in [-0.25, -0.2) is 0 Å². The van der Waals surface area contributed by atoms with Crippen molar-refractivity contribution in [1.29, 1.82) is 0 Å². The quantitative estimate of drug-likeness (QED) is 0.748. The molecule has 0 saturated carbocycles. The fraction of sp³-hybridized carbons (Fsp3) is 0.286. The van der Waals surface area contributed by atoms with Gasteiger partial charge in [0, 0.05) is 18.9 Å². The lowest BCUT2D eigenvalue weighted by Crippen LogP contribution is -2.23. The molecular weight excluding hydrogens is 212 g/mol. The molecule has 1 aromatic carbocycles. The lowest BCUT2D eigenvalue weighted by Gasteiger charge is -2.19. The van der Waals surface area contributed by atoms with E-state index < -0.39 is 0 Å². The Hall–Kier alpha value is -1.90. The summed E-state index contributed by atoms with van der Waals surface area (Å²) >= 11 is 0. The minimum Gasteiger partial charge on any atom is -0.337 e. The van der Waals surface area contributed by atoms with Crippen LogP contribution in [0.5, 0.6) is 0 Å². The highest BCUT2D eigenvalue weighted by Gasteiger charge is 2.29. The van der Waals surface area contributed by atoms with Crippen molar-refractivity contribution in [2.24, 2.45) is 0 Å². The van der Waals surface area contributed by atoms with Gasteiger partial charge < -0.3 is 4.90 Å². The van der Waals surface area contributed by atoms with Gasteiger partial charge in [-0.3, -0.25) is 9.78 Å². The van der Waals surface area contributed by atoms with Gasteiger partial charge in [-0.1, -0.05) is 24.3 Å². The molecule has 0 N–H and O–H groups in total. The maximum atomic E-state index is 11.5. The van der Waals surface area contributed by atoms with Crippen molar-refractivity contribution in [2.45, 2.75) is 18.9 Å². The van der Waals surface area contributed by atoms with Crippen LogP contribution in [0.25, 0.3) is 10.9 Å². The molecule has 0 spiro atoms. The predicted octanol–water partition coefficient (Wildman–Crippen LogP) is 2.53. The van der Waals surface area contributed by atoms with E-state index in [4.69, 9.17) is 0 Å². The molecule has 86 valence electrons. The van der Waals surface area contributed by atoms with Gasteiger partial charge in [0.15, 0.2) is 0 Å². The number of benzene rings is 1. The number of pyridine rings is 1. The van der Waals surface area contributed by atoms with Crippen LogP contribution in [0, 0.1) is 0 Å². The van der Waals surface area contributed by atoms with Crippen molar-refractivity contribution >= 4 is 16.8 Å². The van der Waals surface area contributed by atoms with Crippen LogP contribution < -0.4 is 0 Å². The number of nitrogens with zero attached hydrogens (tertiary/aromatic N) is 2. The Morgan fingerprint density at radius 3 is 2.82 bits per heavy atom. The van der Waals surface area contributed by atoms with Crippen LogP contribution in [0.4, 0.5) is 0 Å². The third-order valence-corrected chi connectivity index (χ3v) is 3.45. The monoisotopic (exact) mass is 226 g/mol. The summed E-state index contributed by atoms with van der Waals surface area (Å²) in [5.74, 6) is 0.213. The minimum absolute atomic E-state index is 0.145. The molecule has 3 nitrogen and oxygen atoms in total. The predicted molar refractivity (Wildman–Crippen MR) is 66.5 cm³/mol. The lowest BCUT2D eigenvalue weighted by molar-refractivity contribution is -0.127. The van der Waals surface area contributed by atoms with Crippen molar-refractivity contribution in [3.05, 3.63) is 42.1 Å². The van der Waals surface area contributed by atoms with Gasteiger partial charge in [0.05, 0.1) is 17.3 Å². The number of fused-ring (bicyclic) bond motifs is 1. The number of hydrogen-bond donors (Lipinski definition) is 0. The third kappa shape index (κ3) is 1.68. The number of rotatable bonds is 1. The number of hydrogen-bond acceptors (Lipinski definition) is 2. The van der Waals surface area contributed by atoms with Crippen LogP contribution >= 0.6 is 0 Å². The second-order valence-corrected chi connectivity index (χ2v) is 4.49. The second kappa shape index (κ2) is 3.84. The molecule has 3 heteroatoms. The van der Waals surface area contributed by atoms with Crippen LogP contribution in [0.3, 0.4) is 0 Å². The lowest BCUT2D eigenvalue weighted by atomic mass is 10.1. The van der Waals surface area contributed by atoms with Crippen LogP contribution in [-0.2, 0) is 4.79 Å². The zero-order chi connectivity index (χ0) is 11.8. The van der Waals surface area contributed by atoms with E-state index in [1.807, 2.05) is 31.3 Å². The van der Waals surface area contributed by atoms with E-state index in [9.17, 15) is 4.79 Å². The number of likely N-dealkylation sites (tertiary alicyclic amines) is 1. The van der Waals surface area contributed by atoms with Crippen molar-refractivity contribution in [2.75, 3.05) is 7.05 Å². The molecule has 3 rings (SSSR count). The van der Waals surface area contributed by atoms with Crippen LogP contribution in [-0.4, -0.2) is 22.8 Å². The molecule has 1 atom stereocenters. The first-order chi connectivity index (χ1) is 8.25.